The zero-order chi connectivity index (χ0) is 25.8. The molecule has 3 N–H and O–H groups in total. The van der Waals surface area contributed by atoms with Gasteiger partial charge in [0, 0.05) is 29.4 Å². The van der Waals surface area contributed by atoms with E-state index in [1.54, 1.807) is 12.3 Å². The van der Waals surface area contributed by atoms with Gasteiger partial charge in [0.25, 0.3) is 5.56 Å². The highest BCUT2D eigenvalue weighted by Crippen LogP contribution is 2.43. The van der Waals surface area contributed by atoms with Gasteiger partial charge in [0.2, 0.25) is 0 Å². The van der Waals surface area contributed by atoms with Gasteiger partial charge in [0.1, 0.15) is 23.5 Å². The summed E-state index contributed by atoms with van der Waals surface area (Å²) in [7, 11) is 0. The lowest BCUT2D eigenvalue weighted by atomic mass is 9.98. The number of nitrogens with one attached hydrogen (secondary N) is 1. The summed E-state index contributed by atoms with van der Waals surface area (Å²) in [6, 6.07) is 9.37. The molecule has 11 heteroatoms. The number of benzene rings is 2. The fourth-order valence-corrected chi connectivity index (χ4v) is 4.72. The van der Waals surface area contributed by atoms with E-state index in [-0.39, 0.29) is 46.2 Å². The highest BCUT2D eigenvalue weighted by Gasteiger charge is 2.28. The number of fused-ring (bicyclic) bond motifs is 1. The van der Waals surface area contributed by atoms with E-state index in [9.17, 15) is 22.4 Å². The number of nitrogens with zero attached hydrogens (tertiary/aromatic N) is 4. The van der Waals surface area contributed by atoms with E-state index < -0.39 is 18.2 Å². The van der Waals surface area contributed by atoms with Crippen LogP contribution in [-0.2, 0) is 6.54 Å². The average Bonchev–Trinajstić information content (AvgIpc) is 3.42. The van der Waals surface area contributed by atoms with Crippen molar-refractivity contribution in [2.24, 2.45) is 5.73 Å². The molecule has 3 heterocycles. The Morgan fingerprint density at radius 1 is 1.05 bits per heavy atom. The minimum Gasteiger partial charge on any atom is -0.353 e. The Bertz CT molecular complexity index is 1720. The number of pyridine rings is 1. The molecule has 6 rings (SSSR count). The number of nitrogens with two attached hydrogens (primary N) is 1. The van der Waals surface area contributed by atoms with E-state index in [1.165, 1.54) is 22.8 Å². The number of hydrogen-bond acceptors (Lipinski definition) is 4. The van der Waals surface area contributed by atoms with Crippen LogP contribution in [0.1, 0.15) is 36.6 Å². The Hall–Kier alpha value is -4.25. The molecule has 3 aromatic heterocycles. The molecule has 0 bridgehead atoms. The van der Waals surface area contributed by atoms with Crippen molar-refractivity contribution in [1.82, 2.24) is 24.3 Å². The summed E-state index contributed by atoms with van der Waals surface area (Å²) in [5.41, 5.74) is 8.19. The second-order valence-corrected chi connectivity index (χ2v) is 9.05. The summed E-state index contributed by atoms with van der Waals surface area (Å²) in [6.45, 7) is -2.73. The molecule has 7 nitrogen and oxygen atoms in total. The van der Waals surface area contributed by atoms with Crippen LogP contribution < -0.4 is 11.3 Å². The molecular weight excluding hydrogens is 488 g/mol. The number of aromatic amines is 1. The molecule has 37 heavy (non-hydrogen) atoms. The molecule has 0 atom stereocenters. The molecule has 0 saturated heterocycles. The van der Waals surface area contributed by atoms with E-state index in [2.05, 4.69) is 15.2 Å². The number of halogens is 4. The zero-order valence-corrected chi connectivity index (χ0v) is 19.3. The highest BCUT2D eigenvalue weighted by atomic mass is 19.3. The van der Waals surface area contributed by atoms with Crippen LogP contribution in [0.15, 0.2) is 59.8 Å². The number of aromatic nitrogens is 5. The third-order valence-electron chi connectivity index (χ3n) is 6.60. The molecule has 1 fully saturated rings. The first-order chi connectivity index (χ1) is 17.8. The summed E-state index contributed by atoms with van der Waals surface area (Å²) in [6.07, 6.45) is 4.52. The third kappa shape index (κ3) is 4.01. The monoisotopic (exact) mass is 508 g/mol. The van der Waals surface area contributed by atoms with Crippen LogP contribution in [0.3, 0.4) is 0 Å². The Morgan fingerprint density at radius 2 is 1.86 bits per heavy atom. The van der Waals surface area contributed by atoms with E-state index in [4.69, 9.17) is 5.73 Å². The van der Waals surface area contributed by atoms with Crippen LogP contribution in [0.4, 0.5) is 17.6 Å². The molecule has 5 aromatic rings. The van der Waals surface area contributed by atoms with Crippen molar-refractivity contribution in [1.29, 1.82) is 0 Å². The van der Waals surface area contributed by atoms with Crippen LogP contribution in [0.25, 0.3) is 39.1 Å². The second-order valence-electron chi connectivity index (χ2n) is 9.05. The fraction of sp³-hybridized carbons (Fsp3) is 0.192. The van der Waals surface area contributed by atoms with Crippen LogP contribution >= 0.6 is 0 Å². The Labute approximate surface area is 207 Å². The van der Waals surface area contributed by atoms with Crippen LogP contribution in [0, 0.1) is 11.6 Å². The summed E-state index contributed by atoms with van der Waals surface area (Å²) < 4.78 is 58.1. The lowest BCUT2D eigenvalue weighted by Gasteiger charge is -2.14. The van der Waals surface area contributed by atoms with Gasteiger partial charge in [-0.1, -0.05) is 6.07 Å². The fourth-order valence-electron chi connectivity index (χ4n) is 4.72. The van der Waals surface area contributed by atoms with Crippen molar-refractivity contribution in [3.8, 4) is 28.2 Å². The average molecular weight is 508 g/mol. The molecule has 0 aliphatic heterocycles. The quantitative estimate of drug-likeness (QED) is 0.306. The third-order valence-corrected chi connectivity index (χ3v) is 6.60. The Morgan fingerprint density at radius 3 is 2.59 bits per heavy atom. The standard InChI is InChI=1S/C26H20F4N6O/c27-15-3-4-19(21(8-15)24-34-32-12-36(24)26(29)30)14-5-16(28)7-18(6-14)35-11-22(13-1-2-13)20-9-17(10-31)33-23(20)25(35)37/h3-9,11-13,26,33H,1-2,10,31H2. The zero-order valence-electron chi connectivity index (χ0n) is 19.3. The van der Waals surface area contributed by atoms with Crippen molar-refractivity contribution in [2.45, 2.75) is 31.9 Å². The van der Waals surface area contributed by atoms with Gasteiger partial charge in [-0.25, -0.2) is 8.78 Å². The Kier molecular flexibility index (Phi) is 5.45. The maximum atomic E-state index is 15.0. The summed E-state index contributed by atoms with van der Waals surface area (Å²) >= 11 is 0. The van der Waals surface area contributed by atoms with Crippen molar-refractivity contribution < 1.29 is 17.6 Å². The molecule has 0 spiro atoms. The first kappa shape index (κ1) is 23.2. The molecule has 1 aliphatic carbocycles. The van der Waals surface area contributed by atoms with Crippen molar-refractivity contribution in [3.05, 3.63) is 88.2 Å². The predicted molar refractivity (Wildman–Crippen MR) is 129 cm³/mol. The normalized spacial score (nSPS) is 13.7. The second kappa shape index (κ2) is 8.70. The van der Waals surface area contributed by atoms with Gasteiger partial charge in [-0.05, 0) is 71.8 Å². The predicted octanol–water partition coefficient (Wildman–Crippen LogP) is 5.25. The van der Waals surface area contributed by atoms with Gasteiger partial charge in [-0.3, -0.25) is 13.9 Å². The van der Waals surface area contributed by atoms with Crippen molar-refractivity contribution in [2.75, 3.05) is 0 Å². The topological polar surface area (TPSA) is 94.5 Å². The molecule has 1 aliphatic rings. The first-order valence-corrected chi connectivity index (χ1v) is 11.6. The van der Waals surface area contributed by atoms with Gasteiger partial charge in [-0.2, -0.15) is 8.78 Å². The summed E-state index contributed by atoms with van der Waals surface area (Å²) in [5, 5.41) is 8.06. The SMILES string of the molecule is NCc1cc2c(C3CC3)cn(-c3cc(F)cc(-c4ccc(F)cc4-c4nncn4C(F)F)c3)c(=O)c2[nH]1. The van der Waals surface area contributed by atoms with Gasteiger partial charge in [-0.15, -0.1) is 10.2 Å². The number of hydrogen-bond donors (Lipinski definition) is 2. The molecule has 188 valence electrons. The van der Waals surface area contributed by atoms with Gasteiger partial charge in [0.05, 0.1) is 5.69 Å². The maximum absolute atomic E-state index is 15.0. The smallest absolute Gasteiger partial charge is 0.321 e. The maximum Gasteiger partial charge on any atom is 0.321 e. The lowest BCUT2D eigenvalue weighted by molar-refractivity contribution is 0.0716. The molecular formula is C26H20F4N6O. The summed E-state index contributed by atoms with van der Waals surface area (Å²) in [5.74, 6) is -1.33. The molecule has 0 unspecified atom stereocenters. The molecule has 1 saturated carbocycles. The lowest BCUT2D eigenvalue weighted by Crippen LogP contribution is -2.19. The molecule has 0 amide bonds. The molecule has 0 radical (unpaired) electrons. The molecule has 2 aromatic carbocycles. The van der Waals surface area contributed by atoms with Crippen LogP contribution in [0.5, 0.6) is 0 Å². The van der Waals surface area contributed by atoms with Gasteiger partial charge < -0.3 is 10.7 Å². The van der Waals surface area contributed by atoms with Gasteiger partial charge in [0.15, 0.2) is 5.82 Å². The van der Waals surface area contributed by atoms with Gasteiger partial charge >= 0.3 is 6.55 Å². The summed E-state index contributed by atoms with van der Waals surface area (Å²) in [4.78, 5) is 16.5. The number of alkyl halides is 2. The largest absolute Gasteiger partial charge is 0.353 e. The number of rotatable bonds is 6. The van der Waals surface area contributed by atoms with E-state index in [0.717, 1.165) is 42.3 Å². The van der Waals surface area contributed by atoms with Crippen LogP contribution in [-0.4, -0.2) is 24.3 Å². The van der Waals surface area contributed by atoms with Crippen molar-refractivity contribution in [3.63, 3.8) is 0 Å². The van der Waals surface area contributed by atoms with E-state index in [0.29, 0.717) is 15.8 Å². The van der Waals surface area contributed by atoms with E-state index in [1.807, 2.05) is 6.07 Å². The minimum absolute atomic E-state index is 0.00720. The minimum atomic E-state index is -2.96. The van der Waals surface area contributed by atoms with E-state index >= 15 is 0 Å². The Balaban J connectivity index is 1.56. The highest BCUT2D eigenvalue weighted by molar-refractivity contribution is 5.85. The van der Waals surface area contributed by atoms with Crippen molar-refractivity contribution >= 4 is 10.9 Å². The number of H-pyrrole nitrogens is 1. The van der Waals surface area contributed by atoms with Crippen LogP contribution in [0.2, 0.25) is 0 Å². The first-order valence-electron chi connectivity index (χ1n) is 11.6.